The van der Waals surface area contributed by atoms with Gasteiger partial charge in [0.25, 0.3) is 0 Å². The summed E-state index contributed by atoms with van der Waals surface area (Å²) in [5.41, 5.74) is 2.10. The minimum absolute atomic E-state index is 0. The van der Waals surface area contributed by atoms with Gasteiger partial charge in [0.1, 0.15) is 6.61 Å². The first-order valence-electron chi connectivity index (χ1n) is 8.61. The molecule has 0 saturated heterocycles. The number of pyridine rings is 1. The van der Waals surface area contributed by atoms with E-state index >= 15 is 0 Å². The van der Waals surface area contributed by atoms with E-state index in [9.17, 15) is 0 Å². The Bertz CT molecular complexity index is 899. The van der Waals surface area contributed by atoms with Crippen molar-refractivity contribution in [2.24, 2.45) is 7.05 Å². The number of rotatable bonds is 10. The number of methoxy groups -OCH3 is 1. The van der Waals surface area contributed by atoms with Crippen LogP contribution in [0.15, 0.2) is 46.3 Å². The molecule has 0 bridgehead atoms. The van der Waals surface area contributed by atoms with Crippen molar-refractivity contribution in [2.45, 2.75) is 18.3 Å². The molecule has 0 aliphatic heterocycles. The van der Waals surface area contributed by atoms with Gasteiger partial charge in [0, 0.05) is 43.8 Å². The highest BCUT2D eigenvalue weighted by atomic mass is 79.9. The van der Waals surface area contributed by atoms with Gasteiger partial charge in [0.05, 0.1) is 11.6 Å². The van der Waals surface area contributed by atoms with Gasteiger partial charge in [-0.25, -0.2) is 4.68 Å². The lowest BCUT2D eigenvalue weighted by Gasteiger charge is -2.15. The van der Waals surface area contributed by atoms with Crippen molar-refractivity contribution < 1.29 is 9.47 Å². The molecule has 0 spiro atoms. The molecule has 0 radical (unpaired) electrons. The van der Waals surface area contributed by atoms with Crippen LogP contribution in [0.1, 0.15) is 11.1 Å². The van der Waals surface area contributed by atoms with Crippen LogP contribution in [-0.2, 0) is 20.2 Å². The van der Waals surface area contributed by atoms with Crippen molar-refractivity contribution in [1.29, 1.82) is 0 Å². The van der Waals surface area contributed by atoms with Crippen molar-refractivity contribution in [2.75, 3.05) is 19.4 Å². The summed E-state index contributed by atoms with van der Waals surface area (Å²) < 4.78 is 14.0. The average Bonchev–Trinajstić information content (AvgIpc) is 3.12. The van der Waals surface area contributed by atoms with Crippen LogP contribution in [0, 0.1) is 0 Å². The fourth-order valence-corrected chi connectivity index (χ4v) is 3.80. The SMILES string of the molecule is COc1cc(CNCCSc2nnnn2C)cc(Br)c1OCc1cccnc1.Cl. The standard InChI is InChI=1S/C18H21BrN6O2S.ClH/c1-25-18(22-23-24-25)28-7-6-21-11-14-8-15(19)17(16(9-14)26-2)27-12-13-4-3-5-20-10-13;/h3-5,8-10,21H,6-7,11-12H2,1-2H3;1H. The number of ether oxygens (including phenoxy) is 2. The number of hydrogen-bond donors (Lipinski definition) is 1. The number of nitrogens with zero attached hydrogens (tertiary/aromatic N) is 5. The molecule has 0 aliphatic carbocycles. The molecule has 0 fully saturated rings. The minimum atomic E-state index is 0. The fourth-order valence-electron chi connectivity index (χ4n) is 2.45. The van der Waals surface area contributed by atoms with E-state index in [2.05, 4.69) is 41.8 Å². The summed E-state index contributed by atoms with van der Waals surface area (Å²) in [6.07, 6.45) is 3.53. The van der Waals surface area contributed by atoms with Crippen LogP contribution in [0.5, 0.6) is 11.5 Å². The Labute approximate surface area is 188 Å². The minimum Gasteiger partial charge on any atom is -0.493 e. The van der Waals surface area contributed by atoms with E-state index in [4.69, 9.17) is 9.47 Å². The maximum Gasteiger partial charge on any atom is 0.209 e. The second kappa shape index (κ2) is 12.0. The lowest BCUT2D eigenvalue weighted by Crippen LogP contribution is -2.17. The summed E-state index contributed by atoms with van der Waals surface area (Å²) in [5, 5.41) is 15.6. The molecule has 3 rings (SSSR count). The van der Waals surface area contributed by atoms with Crippen LogP contribution in [0.3, 0.4) is 0 Å². The predicted octanol–water partition coefficient (Wildman–Crippen LogP) is 3.26. The third kappa shape index (κ3) is 6.84. The Morgan fingerprint density at radius 1 is 1.28 bits per heavy atom. The van der Waals surface area contributed by atoms with Gasteiger partial charge in [0.15, 0.2) is 11.5 Å². The molecule has 0 unspecified atom stereocenters. The molecule has 29 heavy (non-hydrogen) atoms. The van der Waals surface area contributed by atoms with E-state index in [0.29, 0.717) is 18.1 Å². The molecular formula is C18H22BrClN6O2S. The molecular weight excluding hydrogens is 480 g/mol. The molecule has 11 heteroatoms. The van der Waals surface area contributed by atoms with Crippen molar-refractivity contribution in [3.8, 4) is 11.5 Å². The zero-order valence-electron chi connectivity index (χ0n) is 16.0. The lowest BCUT2D eigenvalue weighted by molar-refractivity contribution is 0.282. The van der Waals surface area contributed by atoms with E-state index in [1.54, 1.807) is 35.9 Å². The Kier molecular flexibility index (Phi) is 9.65. The average molecular weight is 502 g/mol. The van der Waals surface area contributed by atoms with Crippen LogP contribution < -0.4 is 14.8 Å². The number of nitrogens with one attached hydrogen (secondary N) is 1. The number of aryl methyl sites for hydroxylation is 1. The Hall–Kier alpha value is -1.88. The first-order chi connectivity index (χ1) is 13.7. The number of aromatic nitrogens is 5. The number of hydrogen-bond acceptors (Lipinski definition) is 8. The first-order valence-corrected chi connectivity index (χ1v) is 10.4. The van der Waals surface area contributed by atoms with Gasteiger partial charge in [-0.15, -0.1) is 17.5 Å². The quantitative estimate of drug-likeness (QED) is 0.335. The second-order valence-corrected chi connectivity index (χ2v) is 7.79. The topological polar surface area (TPSA) is 87.0 Å². The van der Waals surface area contributed by atoms with E-state index in [0.717, 1.165) is 39.6 Å². The first kappa shape index (κ1) is 23.4. The Morgan fingerprint density at radius 2 is 2.14 bits per heavy atom. The molecule has 0 atom stereocenters. The van der Waals surface area contributed by atoms with E-state index in [1.807, 2.05) is 31.3 Å². The summed E-state index contributed by atoms with van der Waals surface area (Å²) in [5.74, 6) is 2.24. The highest BCUT2D eigenvalue weighted by molar-refractivity contribution is 9.10. The molecule has 156 valence electrons. The zero-order chi connectivity index (χ0) is 19.8. The van der Waals surface area contributed by atoms with Gasteiger partial charge in [0.2, 0.25) is 5.16 Å². The van der Waals surface area contributed by atoms with E-state index in [1.165, 1.54) is 0 Å². The predicted molar refractivity (Wildman–Crippen MR) is 118 cm³/mol. The van der Waals surface area contributed by atoms with Crippen LogP contribution in [0.4, 0.5) is 0 Å². The highest BCUT2D eigenvalue weighted by Gasteiger charge is 2.12. The van der Waals surface area contributed by atoms with E-state index in [-0.39, 0.29) is 12.4 Å². The van der Waals surface area contributed by atoms with Gasteiger partial charge >= 0.3 is 0 Å². The van der Waals surface area contributed by atoms with Gasteiger partial charge in [-0.05, 0) is 50.1 Å². The van der Waals surface area contributed by atoms with Gasteiger partial charge in [-0.1, -0.05) is 17.8 Å². The monoisotopic (exact) mass is 500 g/mol. The molecule has 2 heterocycles. The van der Waals surface area contributed by atoms with Crippen LogP contribution >= 0.6 is 40.1 Å². The normalized spacial score (nSPS) is 10.4. The smallest absolute Gasteiger partial charge is 0.209 e. The number of tetrazole rings is 1. The summed E-state index contributed by atoms with van der Waals surface area (Å²) in [6.45, 7) is 1.97. The molecule has 0 aliphatic rings. The molecule has 0 amide bonds. The summed E-state index contributed by atoms with van der Waals surface area (Å²) in [6, 6.07) is 7.88. The van der Waals surface area contributed by atoms with E-state index < -0.39 is 0 Å². The Balaban J connectivity index is 0.00000300. The molecule has 1 aromatic carbocycles. The third-order valence-corrected chi connectivity index (χ3v) is 5.42. The molecule has 8 nitrogen and oxygen atoms in total. The zero-order valence-corrected chi connectivity index (χ0v) is 19.3. The Morgan fingerprint density at radius 3 is 2.83 bits per heavy atom. The molecule has 2 aromatic heterocycles. The molecule has 3 aromatic rings. The van der Waals surface area contributed by atoms with Crippen LogP contribution in [-0.4, -0.2) is 44.6 Å². The number of halogens is 2. The second-order valence-electron chi connectivity index (χ2n) is 5.87. The number of benzene rings is 1. The van der Waals surface area contributed by atoms with Crippen LogP contribution in [0.25, 0.3) is 0 Å². The maximum absolute atomic E-state index is 5.94. The van der Waals surface area contributed by atoms with Gasteiger partial charge in [-0.3, -0.25) is 4.98 Å². The largest absolute Gasteiger partial charge is 0.493 e. The highest BCUT2D eigenvalue weighted by Crippen LogP contribution is 2.37. The molecule has 0 saturated carbocycles. The maximum atomic E-state index is 5.94. The van der Waals surface area contributed by atoms with Gasteiger partial charge < -0.3 is 14.8 Å². The van der Waals surface area contributed by atoms with Gasteiger partial charge in [-0.2, -0.15) is 0 Å². The summed E-state index contributed by atoms with van der Waals surface area (Å²) in [4.78, 5) is 4.10. The van der Waals surface area contributed by atoms with Crippen LogP contribution in [0.2, 0.25) is 0 Å². The summed E-state index contributed by atoms with van der Waals surface area (Å²) >= 11 is 5.20. The number of thioether (sulfide) groups is 1. The summed E-state index contributed by atoms with van der Waals surface area (Å²) in [7, 11) is 3.47. The van der Waals surface area contributed by atoms with Crippen molar-refractivity contribution in [3.63, 3.8) is 0 Å². The van der Waals surface area contributed by atoms with Crippen molar-refractivity contribution in [1.82, 2.24) is 30.5 Å². The molecule has 1 N–H and O–H groups in total. The lowest BCUT2D eigenvalue weighted by atomic mass is 10.2. The fraction of sp³-hybridized carbons (Fsp3) is 0.333. The third-order valence-electron chi connectivity index (χ3n) is 3.82. The van der Waals surface area contributed by atoms with Crippen molar-refractivity contribution >= 4 is 40.1 Å². The van der Waals surface area contributed by atoms with Crippen molar-refractivity contribution in [3.05, 3.63) is 52.3 Å².